The molecule has 1 unspecified atom stereocenters. The number of hydrogen-bond donors (Lipinski definition) is 2. The van der Waals surface area contributed by atoms with Gasteiger partial charge in [-0.1, -0.05) is 19.1 Å². The third-order valence-electron chi connectivity index (χ3n) is 2.15. The number of rotatable bonds is 4. The van der Waals surface area contributed by atoms with E-state index in [1.807, 2.05) is 0 Å². The van der Waals surface area contributed by atoms with Crippen LogP contribution in [0.25, 0.3) is 0 Å². The first kappa shape index (κ1) is 14.3. The summed E-state index contributed by atoms with van der Waals surface area (Å²) in [6.07, 6.45) is -4.43. The average Bonchev–Trinajstić information content (AvgIpc) is 2.28. The van der Waals surface area contributed by atoms with Gasteiger partial charge in [-0.15, -0.1) is 13.2 Å². The van der Waals surface area contributed by atoms with Gasteiger partial charge >= 0.3 is 6.36 Å². The van der Waals surface area contributed by atoms with E-state index >= 15 is 0 Å². The summed E-state index contributed by atoms with van der Waals surface area (Å²) < 4.78 is 40.2. The number of benzene rings is 1. The molecule has 1 atom stereocenters. The van der Waals surface area contributed by atoms with Gasteiger partial charge in [-0.3, -0.25) is 4.79 Å². The van der Waals surface area contributed by atoms with Crippen LogP contribution in [-0.2, 0) is 4.79 Å². The van der Waals surface area contributed by atoms with Gasteiger partial charge in [0.15, 0.2) is 5.75 Å². The third-order valence-corrected chi connectivity index (χ3v) is 2.15. The van der Waals surface area contributed by atoms with Crippen molar-refractivity contribution in [2.75, 3.05) is 5.32 Å². The van der Waals surface area contributed by atoms with Crippen molar-refractivity contribution >= 4 is 11.6 Å². The van der Waals surface area contributed by atoms with Crippen molar-refractivity contribution in [1.82, 2.24) is 0 Å². The molecule has 0 radical (unpaired) electrons. The molecule has 0 fully saturated rings. The zero-order valence-corrected chi connectivity index (χ0v) is 9.62. The normalized spacial score (nSPS) is 12.9. The highest BCUT2D eigenvalue weighted by atomic mass is 19.4. The van der Waals surface area contributed by atoms with Crippen LogP contribution in [-0.4, -0.2) is 18.3 Å². The Morgan fingerprint density at radius 1 is 1.44 bits per heavy atom. The van der Waals surface area contributed by atoms with Gasteiger partial charge in [0.25, 0.3) is 0 Å². The molecule has 100 valence electrons. The minimum Gasteiger partial charge on any atom is -0.404 e. The minimum absolute atomic E-state index is 0.0660. The summed E-state index contributed by atoms with van der Waals surface area (Å²) in [6.45, 7) is 1.70. The molecular formula is C11H13F3N2O2. The topological polar surface area (TPSA) is 64.4 Å². The summed E-state index contributed by atoms with van der Waals surface area (Å²) in [5, 5.41) is 2.29. The molecule has 3 N–H and O–H groups in total. The predicted molar refractivity (Wildman–Crippen MR) is 60.0 cm³/mol. The molecule has 1 rings (SSSR count). The number of alkyl halides is 3. The summed E-state index contributed by atoms with van der Waals surface area (Å²) in [7, 11) is 0. The van der Waals surface area contributed by atoms with Crippen LogP contribution in [0.4, 0.5) is 18.9 Å². The van der Waals surface area contributed by atoms with Gasteiger partial charge < -0.3 is 15.8 Å². The average molecular weight is 262 g/mol. The summed E-state index contributed by atoms with van der Waals surface area (Å²) in [5.74, 6) is -1.03. The number of nitrogens with one attached hydrogen (secondary N) is 1. The number of nitrogens with two attached hydrogens (primary N) is 1. The van der Waals surface area contributed by atoms with Gasteiger partial charge in [-0.05, 0) is 18.6 Å². The van der Waals surface area contributed by atoms with Gasteiger partial charge in [0.05, 0.1) is 11.7 Å². The number of halogens is 3. The second-order valence-electron chi connectivity index (χ2n) is 3.55. The number of hydrogen-bond acceptors (Lipinski definition) is 3. The lowest BCUT2D eigenvalue weighted by Crippen LogP contribution is -2.35. The number of para-hydroxylation sites is 2. The van der Waals surface area contributed by atoms with Crippen LogP contribution in [0.3, 0.4) is 0 Å². The minimum atomic E-state index is -4.81. The highest BCUT2D eigenvalue weighted by Gasteiger charge is 2.32. The van der Waals surface area contributed by atoms with Crippen LogP contribution >= 0.6 is 0 Å². The van der Waals surface area contributed by atoms with E-state index in [4.69, 9.17) is 5.73 Å². The first-order valence-electron chi connectivity index (χ1n) is 5.24. The van der Waals surface area contributed by atoms with E-state index in [0.717, 1.165) is 6.07 Å². The fraction of sp³-hybridized carbons (Fsp3) is 0.364. The van der Waals surface area contributed by atoms with E-state index in [1.165, 1.54) is 18.2 Å². The molecule has 1 aromatic rings. The monoisotopic (exact) mass is 262 g/mol. The third kappa shape index (κ3) is 4.25. The number of anilines is 1. The standard InChI is InChI=1S/C11H13F3N2O2/c1-2-7(15)10(17)16-8-5-3-4-6-9(8)18-11(12,13)14/h3-7H,2,15H2,1H3,(H,16,17). The maximum atomic E-state index is 12.1. The van der Waals surface area contributed by atoms with E-state index in [0.29, 0.717) is 6.42 Å². The Balaban J connectivity index is 2.86. The van der Waals surface area contributed by atoms with Crippen molar-refractivity contribution in [1.29, 1.82) is 0 Å². The molecule has 1 aromatic carbocycles. The molecule has 1 amide bonds. The summed E-state index contributed by atoms with van der Waals surface area (Å²) in [4.78, 5) is 11.5. The summed E-state index contributed by atoms with van der Waals surface area (Å²) in [5.41, 5.74) is 5.40. The van der Waals surface area contributed by atoms with Crippen LogP contribution in [0.1, 0.15) is 13.3 Å². The van der Waals surface area contributed by atoms with Crippen LogP contribution < -0.4 is 15.8 Å². The SMILES string of the molecule is CCC(N)C(=O)Nc1ccccc1OC(F)(F)F. The Labute approximate surface area is 102 Å². The smallest absolute Gasteiger partial charge is 0.404 e. The molecule has 0 bridgehead atoms. The fourth-order valence-electron chi connectivity index (χ4n) is 1.19. The lowest BCUT2D eigenvalue weighted by molar-refractivity contribution is -0.274. The Morgan fingerprint density at radius 2 is 2.06 bits per heavy atom. The highest BCUT2D eigenvalue weighted by Crippen LogP contribution is 2.29. The second-order valence-corrected chi connectivity index (χ2v) is 3.55. The highest BCUT2D eigenvalue weighted by molar-refractivity contribution is 5.95. The fourth-order valence-corrected chi connectivity index (χ4v) is 1.19. The van der Waals surface area contributed by atoms with Gasteiger partial charge in [-0.2, -0.15) is 0 Å². The molecule has 0 aliphatic carbocycles. The number of amides is 1. The molecule has 7 heteroatoms. The summed E-state index contributed by atoms with van der Waals surface area (Å²) >= 11 is 0. The quantitative estimate of drug-likeness (QED) is 0.874. The first-order chi connectivity index (χ1) is 8.33. The Morgan fingerprint density at radius 3 is 2.61 bits per heavy atom. The van der Waals surface area contributed by atoms with Crippen molar-refractivity contribution in [2.45, 2.75) is 25.7 Å². The molecule has 0 saturated heterocycles. The van der Waals surface area contributed by atoms with E-state index in [2.05, 4.69) is 10.1 Å². The Bertz CT molecular complexity index is 421. The van der Waals surface area contributed by atoms with Crippen molar-refractivity contribution < 1.29 is 22.7 Å². The molecule has 0 aliphatic heterocycles. The van der Waals surface area contributed by atoms with Gasteiger partial charge in [0, 0.05) is 0 Å². The van der Waals surface area contributed by atoms with Crippen LogP contribution in [0.5, 0.6) is 5.75 Å². The first-order valence-corrected chi connectivity index (χ1v) is 5.24. The molecule has 0 saturated carbocycles. The van der Waals surface area contributed by atoms with Crippen LogP contribution in [0.15, 0.2) is 24.3 Å². The number of ether oxygens (including phenoxy) is 1. The van der Waals surface area contributed by atoms with E-state index in [1.54, 1.807) is 6.92 Å². The molecular weight excluding hydrogens is 249 g/mol. The lowest BCUT2D eigenvalue weighted by Gasteiger charge is -2.15. The van der Waals surface area contributed by atoms with E-state index < -0.39 is 24.1 Å². The largest absolute Gasteiger partial charge is 0.573 e. The molecule has 0 aliphatic rings. The van der Waals surface area contributed by atoms with E-state index in [-0.39, 0.29) is 5.69 Å². The van der Waals surface area contributed by atoms with Gasteiger partial charge in [-0.25, -0.2) is 0 Å². The van der Waals surface area contributed by atoms with Gasteiger partial charge in [0.2, 0.25) is 5.91 Å². The van der Waals surface area contributed by atoms with Crippen molar-refractivity contribution in [3.8, 4) is 5.75 Å². The zero-order chi connectivity index (χ0) is 13.8. The Kier molecular flexibility index (Phi) is 4.55. The lowest BCUT2D eigenvalue weighted by atomic mass is 10.2. The van der Waals surface area contributed by atoms with Gasteiger partial charge in [0.1, 0.15) is 0 Å². The molecule has 0 spiro atoms. The number of carbonyl (C=O) groups excluding carboxylic acids is 1. The molecule has 18 heavy (non-hydrogen) atoms. The van der Waals surface area contributed by atoms with Crippen molar-refractivity contribution in [3.63, 3.8) is 0 Å². The van der Waals surface area contributed by atoms with Crippen LogP contribution in [0, 0.1) is 0 Å². The zero-order valence-electron chi connectivity index (χ0n) is 9.62. The molecule has 0 heterocycles. The van der Waals surface area contributed by atoms with Crippen LogP contribution in [0.2, 0.25) is 0 Å². The Hall–Kier alpha value is -1.76. The van der Waals surface area contributed by atoms with E-state index in [9.17, 15) is 18.0 Å². The molecule has 4 nitrogen and oxygen atoms in total. The maximum absolute atomic E-state index is 12.1. The maximum Gasteiger partial charge on any atom is 0.573 e. The number of carbonyl (C=O) groups is 1. The predicted octanol–water partition coefficient (Wildman–Crippen LogP) is 2.26. The van der Waals surface area contributed by atoms with Crippen molar-refractivity contribution in [3.05, 3.63) is 24.3 Å². The molecule has 0 aromatic heterocycles. The second kappa shape index (κ2) is 5.72. The van der Waals surface area contributed by atoms with Crippen molar-refractivity contribution in [2.24, 2.45) is 5.73 Å². The summed E-state index contributed by atoms with van der Waals surface area (Å²) in [6, 6.07) is 4.50.